The average molecular weight is 418 g/mol. The van der Waals surface area contributed by atoms with Crippen LogP contribution in [0.25, 0.3) is 0 Å². The highest BCUT2D eigenvalue weighted by atomic mass is 32.2. The number of sulfonamides is 1. The maximum Gasteiger partial charge on any atom is 0.243 e. The van der Waals surface area contributed by atoms with Crippen LogP contribution in [0.1, 0.15) is 19.8 Å². The number of carbonyl (C=O) groups excluding carboxylic acids is 4. The summed E-state index contributed by atoms with van der Waals surface area (Å²) in [5, 5.41) is 2.68. The minimum atomic E-state index is -3.68. The first-order valence-corrected chi connectivity index (χ1v) is 10.7. The summed E-state index contributed by atoms with van der Waals surface area (Å²) in [6.45, 7) is 2.70. The summed E-state index contributed by atoms with van der Waals surface area (Å²) in [4.78, 5) is 50.4. The second kappa shape index (κ2) is 9.43. The normalized spacial score (nSPS) is 22.1. The Balaban J connectivity index is 1.90. The quantitative estimate of drug-likeness (QED) is 0.441. The van der Waals surface area contributed by atoms with Crippen LogP contribution in [0.15, 0.2) is 0 Å². The van der Waals surface area contributed by atoms with Crippen LogP contribution in [0.4, 0.5) is 0 Å². The molecule has 0 bridgehead atoms. The summed E-state index contributed by atoms with van der Waals surface area (Å²) >= 11 is 0. The molecule has 12 heteroatoms. The van der Waals surface area contributed by atoms with Crippen molar-refractivity contribution in [2.24, 2.45) is 5.92 Å². The van der Waals surface area contributed by atoms with Gasteiger partial charge in [0.25, 0.3) is 0 Å². The summed E-state index contributed by atoms with van der Waals surface area (Å²) in [5.74, 6) is -2.65. The highest BCUT2D eigenvalue weighted by molar-refractivity contribution is 7.90. The van der Waals surface area contributed by atoms with E-state index in [4.69, 9.17) is 4.74 Å². The number of nitrogens with zero attached hydrogens (tertiary/aromatic N) is 2. The molecular formula is C16H26N4O7S. The lowest BCUT2D eigenvalue weighted by molar-refractivity contribution is -0.146. The van der Waals surface area contributed by atoms with Crippen molar-refractivity contribution in [3.63, 3.8) is 0 Å². The Morgan fingerprint density at radius 3 is 2.50 bits per heavy atom. The molecule has 2 aliphatic rings. The van der Waals surface area contributed by atoms with E-state index in [9.17, 15) is 27.6 Å². The van der Waals surface area contributed by atoms with Crippen LogP contribution in [0.3, 0.4) is 0 Å². The number of nitrogens with one attached hydrogen (secondary N) is 2. The minimum Gasteiger partial charge on any atom is -0.379 e. The Morgan fingerprint density at radius 1 is 1.25 bits per heavy atom. The van der Waals surface area contributed by atoms with Crippen molar-refractivity contribution in [2.75, 3.05) is 45.6 Å². The van der Waals surface area contributed by atoms with Crippen molar-refractivity contribution >= 4 is 33.7 Å². The van der Waals surface area contributed by atoms with E-state index >= 15 is 0 Å². The molecule has 2 saturated heterocycles. The zero-order valence-electron chi connectivity index (χ0n) is 16.0. The van der Waals surface area contributed by atoms with Gasteiger partial charge in [0.2, 0.25) is 33.7 Å². The van der Waals surface area contributed by atoms with Crippen LogP contribution in [0, 0.1) is 5.92 Å². The lowest BCUT2D eigenvalue weighted by Gasteiger charge is -2.25. The van der Waals surface area contributed by atoms with Crippen molar-refractivity contribution in [3.05, 3.63) is 0 Å². The maximum atomic E-state index is 12.3. The molecule has 4 amide bonds. The third kappa shape index (κ3) is 5.72. The number of rotatable bonds is 7. The first-order valence-electron chi connectivity index (χ1n) is 9.04. The Labute approximate surface area is 163 Å². The van der Waals surface area contributed by atoms with Gasteiger partial charge in [0.1, 0.15) is 11.8 Å². The molecule has 2 aliphatic heterocycles. The number of imide groups is 1. The summed E-state index contributed by atoms with van der Waals surface area (Å²) in [5.41, 5.74) is 0. The highest BCUT2D eigenvalue weighted by Gasteiger charge is 2.36. The zero-order valence-corrected chi connectivity index (χ0v) is 16.8. The maximum absolute atomic E-state index is 12.3. The fourth-order valence-electron chi connectivity index (χ4n) is 3.09. The van der Waals surface area contributed by atoms with Gasteiger partial charge in [0.15, 0.2) is 0 Å². The van der Waals surface area contributed by atoms with Crippen LogP contribution >= 0.6 is 0 Å². The van der Waals surface area contributed by atoms with Gasteiger partial charge in [-0.2, -0.15) is 0 Å². The predicted octanol–water partition coefficient (Wildman–Crippen LogP) is -2.34. The second-order valence-electron chi connectivity index (χ2n) is 6.82. The molecule has 2 N–H and O–H groups in total. The van der Waals surface area contributed by atoms with Crippen LogP contribution < -0.4 is 10.0 Å². The van der Waals surface area contributed by atoms with Gasteiger partial charge in [-0.25, -0.2) is 13.1 Å². The molecule has 0 aromatic heterocycles. The molecule has 2 rings (SSSR count). The molecule has 0 spiro atoms. The minimum absolute atomic E-state index is 0.111. The first-order chi connectivity index (χ1) is 13.1. The Kier molecular flexibility index (Phi) is 7.49. The number of carbonyl (C=O) groups is 4. The Hall–Kier alpha value is -2.05. The van der Waals surface area contributed by atoms with Gasteiger partial charge in [-0.15, -0.1) is 0 Å². The average Bonchev–Trinajstić information content (AvgIpc) is 2.85. The smallest absolute Gasteiger partial charge is 0.243 e. The monoisotopic (exact) mass is 418 g/mol. The van der Waals surface area contributed by atoms with E-state index in [-0.39, 0.29) is 56.8 Å². The number of likely N-dealkylation sites (tertiary alicyclic amines) is 1. The van der Waals surface area contributed by atoms with Crippen LogP contribution in [0.2, 0.25) is 0 Å². The van der Waals surface area contributed by atoms with Gasteiger partial charge < -0.3 is 15.0 Å². The summed E-state index contributed by atoms with van der Waals surface area (Å²) in [6, 6.07) is -0.910. The van der Waals surface area contributed by atoms with Gasteiger partial charge in [-0.3, -0.25) is 24.1 Å². The van der Waals surface area contributed by atoms with Crippen molar-refractivity contribution in [1.29, 1.82) is 0 Å². The van der Waals surface area contributed by atoms with Gasteiger partial charge in [-0.05, 0) is 14.0 Å². The molecule has 158 valence electrons. The SMILES string of the molecule is CNS(=O)(=O)CC(=O)N1CCOCC(CNC(=O)C(C)N2C(=O)CCC2=O)C1. The zero-order chi connectivity index (χ0) is 20.9. The molecule has 2 fully saturated rings. The van der Waals surface area contributed by atoms with Gasteiger partial charge in [0.05, 0.1) is 13.2 Å². The molecule has 0 aromatic carbocycles. The number of amides is 4. The summed E-state index contributed by atoms with van der Waals surface area (Å²) in [6.07, 6.45) is 0.221. The van der Waals surface area contributed by atoms with E-state index in [1.54, 1.807) is 0 Å². The number of hydrogen-bond donors (Lipinski definition) is 2. The van der Waals surface area contributed by atoms with E-state index in [0.29, 0.717) is 6.61 Å². The molecule has 2 atom stereocenters. The highest BCUT2D eigenvalue weighted by Crippen LogP contribution is 2.15. The van der Waals surface area contributed by atoms with Crippen LogP contribution in [-0.4, -0.2) is 93.5 Å². The van der Waals surface area contributed by atoms with E-state index in [0.717, 1.165) is 4.90 Å². The third-order valence-corrected chi connectivity index (χ3v) is 5.99. The predicted molar refractivity (Wildman–Crippen MR) is 97.3 cm³/mol. The molecule has 0 radical (unpaired) electrons. The van der Waals surface area contributed by atoms with Crippen molar-refractivity contribution in [2.45, 2.75) is 25.8 Å². The number of hydrogen-bond acceptors (Lipinski definition) is 7. The van der Waals surface area contributed by atoms with E-state index in [2.05, 4.69) is 10.0 Å². The van der Waals surface area contributed by atoms with Crippen LogP contribution in [-0.2, 0) is 33.9 Å². The lowest BCUT2D eigenvalue weighted by Crippen LogP contribution is -2.49. The topological polar surface area (TPSA) is 142 Å². The van der Waals surface area contributed by atoms with Crippen molar-refractivity contribution in [3.8, 4) is 0 Å². The molecule has 0 saturated carbocycles. The van der Waals surface area contributed by atoms with E-state index in [1.807, 2.05) is 0 Å². The van der Waals surface area contributed by atoms with Gasteiger partial charge in [0, 0.05) is 38.4 Å². The third-order valence-electron chi connectivity index (χ3n) is 4.74. The summed E-state index contributed by atoms with van der Waals surface area (Å²) < 4.78 is 30.7. The van der Waals surface area contributed by atoms with Crippen molar-refractivity contribution in [1.82, 2.24) is 19.8 Å². The van der Waals surface area contributed by atoms with Crippen molar-refractivity contribution < 1.29 is 32.3 Å². The van der Waals surface area contributed by atoms with E-state index < -0.39 is 33.6 Å². The molecule has 11 nitrogen and oxygen atoms in total. The number of ether oxygens (including phenoxy) is 1. The Morgan fingerprint density at radius 2 is 1.89 bits per heavy atom. The Bertz CT molecular complexity index is 723. The molecule has 0 aliphatic carbocycles. The molecule has 2 heterocycles. The molecule has 28 heavy (non-hydrogen) atoms. The molecule has 0 aromatic rings. The second-order valence-corrected chi connectivity index (χ2v) is 8.75. The fraction of sp³-hybridized carbons (Fsp3) is 0.750. The molecular weight excluding hydrogens is 392 g/mol. The lowest BCUT2D eigenvalue weighted by atomic mass is 10.1. The van der Waals surface area contributed by atoms with Crippen LogP contribution in [0.5, 0.6) is 0 Å². The fourth-order valence-corrected chi connectivity index (χ4v) is 3.74. The van der Waals surface area contributed by atoms with Gasteiger partial charge >= 0.3 is 0 Å². The molecule has 2 unspecified atom stereocenters. The summed E-state index contributed by atoms with van der Waals surface area (Å²) in [7, 11) is -2.44. The van der Waals surface area contributed by atoms with Gasteiger partial charge in [-0.1, -0.05) is 0 Å². The standard InChI is InChI=1S/C16H26N4O7S/c1-11(20-13(21)3-4-14(20)22)16(24)18-7-12-8-19(5-6-27-9-12)15(23)10-28(25,26)17-2/h11-12,17H,3-10H2,1-2H3,(H,18,24). The first kappa shape index (κ1) is 22.2. The van der Waals surface area contributed by atoms with E-state index in [1.165, 1.54) is 18.9 Å². The largest absolute Gasteiger partial charge is 0.379 e.